The Kier molecular flexibility index (Phi) is 5.35. The summed E-state index contributed by atoms with van der Waals surface area (Å²) in [5, 5.41) is 2.96. The molecule has 0 heterocycles. The lowest BCUT2D eigenvalue weighted by molar-refractivity contribution is -0.360. The second kappa shape index (κ2) is 6.55. The van der Waals surface area contributed by atoms with Gasteiger partial charge in [0.05, 0.1) is 12.3 Å². The fraction of sp³-hybridized carbons (Fsp3) is 0.417. The Morgan fingerprint density at radius 1 is 1.38 bits per heavy atom. The molecule has 0 bridgehead atoms. The van der Waals surface area contributed by atoms with E-state index in [1.54, 1.807) is 11.8 Å². The average molecular weight is 239 g/mol. The molecule has 0 aliphatic rings. The average Bonchev–Trinajstić information content (AvgIpc) is 2.24. The lowest BCUT2D eigenvalue weighted by atomic mass is 10.1. The van der Waals surface area contributed by atoms with Crippen molar-refractivity contribution in [2.75, 3.05) is 23.4 Å². The number of hydrogen-bond acceptors (Lipinski definition) is 2. The highest BCUT2D eigenvalue weighted by Crippen LogP contribution is 2.19. The molecule has 0 aliphatic heterocycles. The maximum atomic E-state index is 11.6. The Bertz CT molecular complexity index is 346. The van der Waals surface area contributed by atoms with Crippen LogP contribution in [0.1, 0.15) is 11.1 Å². The van der Waals surface area contributed by atoms with Crippen molar-refractivity contribution in [3.05, 3.63) is 29.3 Å². The third kappa shape index (κ3) is 3.87. The van der Waals surface area contributed by atoms with Crippen LogP contribution < -0.4 is 11.1 Å². The summed E-state index contributed by atoms with van der Waals surface area (Å²) in [6.45, 7) is 4.87. The maximum Gasteiger partial charge on any atom is 0.234 e. The number of nitrogens with one attached hydrogen (secondary N) is 1. The van der Waals surface area contributed by atoms with Crippen molar-refractivity contribution in [3.8, 4) is 0 Å². The van der Waals surface area contributed by atoms with Gasteiger partial charge in [-0.1, -0.05) is 18.2 Å². The minimum Gasteiger partial charge on any atom is -0.357 e. The monoisotopic (exact) mass is 239 g/mol. The van der Waals surface area contributed by atoms with E-state index >= 15 is 0 Å². The number of anilines is 1. The number of aryl methyl sites for hydroxylation is 2. The van der Waals surface area contributed by atoms with E-state index in [0.717, 1.165) is 29.1 Å². The molecule has 1 amide bonds. The van der Waals surface area contributed by atoms with Crippen LogP contribution in [-0.2, 0) is 4.79 Å². The predicted octanol–water partition coefficient (Wildman–Crippen LogP) is 1.22. The zero-order valence-corrected chi connectivity index (χ0v) is 10.7. The van der Waals surface area contributed by atoms with E-state index in [4.69, 9.17) is 0 Å². The molecule has 0 atom stereocenters. The van der Waals surface area contributed by atoms with Gasteiger partial charge in [-0.15, -0.1) is 11.8 Å². The van der Waals surface area contributed by atoms with Crippen molar-refractivity contribution < 1.29 is 10.5 Å². The van der Waals surface area contributed by atoms with Crippen LogP contribution in [-0.4, -0.2) is 24.0 Å². The highest BCUT2D eigenvalue weighted by molar-refractivity contribution is 7.99. The minimum atomic E-state index is 0.0656. The molecule has 4 heteroatoms. The van der Waals surface area contributed by atoms with Crippen molar-refractivity contribution >= 4 is 23.4 Å². The van der Waals surface area contributed by atoms with E-state index in [9.17, 15) is 4.79 Å². The van der Waals surface area contributed by atoms with Gasteiger partial charge in [-0.2, -0.15) is 0 Å². The summed E-state index contributed by atoms with van der Waals surface area (Å²) in [7, 11) is 0. The lowest BCUT2D eigenvalue weighted by Crippen LogP contribution is -2.51. The molecule has 1 rings (SSSR count). The van der Waals surface area contributed by atoms with Crippen LogP contribution in [0.2, 0.25) is 0 Å². The quantitative estimate of drug-likeness (QED) is 0.759. The van der Waals surface area contributed by atoms with E-state index in [1.165, 1.54) is 0 Å². The summed E-state index contributed by atoms with van der Waals surface area (Å²) >= 11 is 1.62. The van der Waals surface area contributed by atoms with Gasteiger partial charge in [-0.05, 0) is 25.0 Å². The minimum absolute atomic E-state index is 0.0656. The highest BCUT2D eigenvalue weighted by atomic mass is 32.2. The van der Waals surface area contributed by atoms with Crippen molar-refractivity contribution in [2.45, 2.75) is 13.8 Å². The molecule has 1 aromatic rings. The Morgan fingerprint density at radius 2 is 2.00 bits per heavy atom. The standard InChI is InChI=1S/C12H18N2OS/c1-9-4-3-5-10(2)12(9)14-11(15)8-16-7-6-13/h3-5H,6-8,13H2,1-2H3,(H,14,15)/p+1. The van der Waals surface area contributed by atoms with Gasteiger partial charge in [0.15, 0.2) is 0 Å². The summed E-state index contributed by atoms with van der Waals surface area (Å²) in [5.41, 5.74) is 6.90. The summed E-state index contributed by atoms with van der Waals surface area (Å²) in [4.78, 5) is 11.6. The largest absolute Gasteiger partial charge is 0.357 e. The van der Waals surface area contributed by atoms with Crippen LogP contribution in [0.25, 0.3) is 0 Å². The van der Waals surface area contributed by atoms with E-state index < -0.39 is 0 Å². The smallest absolute Gasteiger partial charge is 0.234 e. The van der Waals surface area contributed by atoms with Gasteiger partial charge in [0, 0.05) is 11.4 Å². The number of carbonyl (C=O) groups is 1. The zero-order chi connectivity index (χ0) is 12.0. The first-order valence-electron chi connectivity index (χ1n) is 5.38. The molecule has 16 heavy (non-hydrogen) atoms. The van der Waals surface area contributed by atoms with Gasteiger partial charge in [0.2, 0.25) is 5.91 Å². The molecule has 0 saturated carbocycles. The number of thioether (sulfide) groups is 1. The summed E-state index contributed by atoms with van der Waals surface area (Å²) in [6.07, 6.45) is 0. The topological polar surface area (TPSA) is 56.7 Å². The Labute approximate surface area is 101 Å². The molecular weight excluding hydrogens is 220 g/mol. The van der Waals surface area contributed by atoms with Crippen LogP contribution in [0.4, 0.5) is 5.69 Å². The maximum absolute atomic E-state index is 11.6. The second-order valence-corrected chi connectivity index (χ2v) is 4.83. The van der Waals surface area contributed by atoms with E-state index in [2.05, 4.69) is 11.1 Å². The molecular formula is C12H19N2OS+. The molecule has 0 saturated heterocycles. The number of hydrogen-bond donors (Lipinski definition) is 2. The number of benzene rings is 1. The van der Waals surface area contributed by atoms with Crippen molar-refractivity contribution in [1.82, 2.24) is 0 Å². The van der Waals surface area contributed by atoms with Crippen LogP contribution >= 0.6 is 11.8 Å². The predicted molar refractivity (Wildman–Crippen MR) is 69.6 cm³/mol. The lowest BCUT2D eigenvalue weighted by Gasteiger charge is -2.10. The first-order chi connectivity index (χ1) is 7.65. The molecule has 0 spiro atoms. The number of quaternary nitrogens is 1. The fourth-order valence-electron chi connectivity index (χ4n) is 1.45. The third-order valence-electron chi connectivity index (χ3n) is 2.27. The fourth-order valence-corrected chi connectivity index (χ4v) is 2.06. The Balaban J connectivity index is 2.56. The van der Waals surface area contributed by atoms with E-state index in [-0.39, 0.29) is 5.91 Å². The van der Waals surface area contributed by atoms with E-state index in [1.807, 2.05) is 32.0 Å². The molecule has 3 nitrogen and oxygen atoms in total. The molecule has 0 aliphatic carbocycles. The van der Waals surface area contributed by atoms with Crippen molar-refractivity contribution in [1.29, 1.82) is 0 Å². The first kappa shape index (κ1) is 13.1. The van der Waals surface area contributed by atoms with Gasteiger partial charge in [-0.25, -0.2) is 0 Å². The van der Waals surface area contributed by atoms with Gasteiger partial charge in [-0.3, -0.25) is 4.79 Å². The molecule has 0 unspecified atom stereocenters. The van der Waals surface area contributed by atoms with Crippen LogP contribution in [0, 0.1) is 13.8 Å². The van der Waals surface area contributed by atoms with Gasteiger partial charge in [0.25, 0.3) is 0 Å². The zero-order valence-electron chi connectivity index (χ0n) is 9.88. The van der Waals surface area contributed by atoms with Gasteiger partial charge in [0.1, 0.15) is 0 Å². The second-order valence-electron chi connectivity index (χ2n) is 3.72. The molecule has 1 aromatic carbocycles. The normalized spacial score (nSPS) is 10.2. The SMILES string of the molecule is Cc1cccc(C)c1NC(=O)CSCC[NH3+]. The Hall–Kier alpha value is -1.000. The summed E-state index contributed by atoms with van der Waals surface area (Å²) in [5.74, 6) is 1.50. The number of rotatable bonds is 5. The van der Waals surface area contributed by atoms with Crippen LogP contribution in [0.5, 0.6) is 0 Å². The molecule has 4 N–H and O–H groups in total. The summed E-state index contributed by atoms with van der Waals surface area (Å²) in [6, 6.07) is 6.01. The van der Waals surface area contributed by atoms with Crippen molar-refractivity contribution in [2.24, 2.45) is 0 Å². The van der Waals surface area contributed by atoms with Crippen molar-refractivity contribution in [3.63, 3.8) is 0 Å². The molecule has 0 fully saturated rings. The first-order valence-corrected chi connectivity index (χ1v) is 6.53. The van der Waals surface area contributed by atoms with Gasteiger partial charge < -0.3 is 11.1 Å². The van der Waals surface area contributed by atoms with E-state index in [0.29, 0.717) is 5.75 Å². The summed E-state index contributed by atoms with van der Waals surface area (Å²) < 4.78 is 0. The Morgan fingerprint density at radius 3 is 2.56 bits per heavy atom. The third-order valence-corrected chi connectivity index (χ3v) is 3.31. The number of para-hydroxylation sites is 1. The van der Waals surface area contributed by atoms with Gasteiger partial charge >= 0.3 is 0 Å². The molecule has 0 aromatic heterocycles. The number of amides is 1. The molecule has 88 valence electrons. The van der Waals surface area contributed by atoms with Crippen LogP contribution in [0.3, 0.4) is 0 Å². The highest BCUT2D eigenvalue weighted by Gasteiger charge is 2.06. The molecule has 0 radical (unpaired) electrons. The number of carbonyl (C=O) groups excluding carboxylic acids is 1. The van der Waals surface area contributed by atoms with Crippen LogP contribution in [0.15, 0.2) is 18.2 Å².